The molecule has 0 unspecified atom stereocenters. The summed E-state index contributed by atoms with van der Waals surface area (Å²) in [6, 6.07) is 8.32. The van der Waals surface area contributed by atoms with Gasteiger partial charge < -0.3 is 14.5 Å². The van der Waals surface area contributed by atoms with Gasteiger partial charge in [0.15, 0.2) is 0 Å². The first-order valence-electron chi connectivity index (χ1n) is 8.34. The monoisotopic (exact) mass is 290 g/mol. The highest BCUT2D eigenvalue weighted by molar-refractivity contribution is 5.26. The molecular weight excluding hydrogens is 260 g/mol. The Morgan fingerprint density at radius 1 is 0.905 bits per heavy atom. The Morgan fingerprint density at radius 3 is 2.29 bits per heavy atom. The van der Waals surface area contributed by atoms with Crippen LogP contribution in [0.25, 0.3) is 0 Å². The van der Waals surface area contributed by atoms with Gasteiger partial charge >= 0.3 is 0 Å². The molecule has 1 aliphatic rings. The average molecular weight is 290 g/mol. The number of hydrogen-bond acceptors (Lipinski definition) is 3. The molecule has 0 saturated carbocycles. The molecule has 1 heterocycles. The van der Waals surface area contributed by atoms with E-state index in [1.807, 2.05) is 0 Å². The molecular formula is C18H30N2O. The van der Waals surface area contributed by atoms with Crippen LogP contribution >= 0.6 is 0 Å². The van der Waals surface area contributed by atoms with Crippen molar-refractivity contribution in [2.24, 2.45) is 0 Å². The van der Waals surface area contributed by atoms with Crippen molar-refractivity contribution in [2.45, 2.75) is 32.6 Å². The molecule has 1 aromatic carbocycles. The van der Waals surface area contributed by atoms with Crippen molar-refractivity contribution < 1.29 is 4.74 Å². The molecule has 3 heteroatoms. The van der Waals surface area contributed by atoms with E-state index in [-0.39, 0.29) is 0 Å². The Labute approximate surface area is 129 Å². The number of nitrogens with zero attached hydrogens (tertiary/aromatic N) is 2. The maximum atomic E-state index is 5.75. The van der Waals surface area contributed by atoms with Crippen molar-refractivity contribution in [3.63, 3.8) is 0 Å². The van der Waals surface area contributed by atoms with E-state index < -0.39 is 0 Å². The summed E-state index contributed by atoms with van der Waals surface area (Å²) in [6.07, 6.45) is 5.09. The molecule has 1 aromatic rings. The summed E-state index contributed by atoms with van der Waals surface area (Å²) in [7, 11) is 2.21. The Bertz CT molecular complexity index is 383. The number of likely N-dealkylation sites (N-methyl/N-ethyl adjacent to an activating group) is 1. The molecule has 2 rings (SSSR count). The van der Waals surface area contributed by atoms with Crippen LogP contribution in [0.3, 0.4) is 0 Å². The molecule has 0 aliphatic carbocycles. The summed E-state index contributed by atoms with van der Waals surface area (Å²) < 4.78 is 5.75. The van der Waals surface area contributed by atoms with Crippen molar-refractivity contribution in [1.82, 2.24) is 9.80 Å². The van der Waals surface area contributed by atoms with E-state index in [4.69, 9.17) is 4.74 Å². The van der Waals surface area contributed by atoms with Crippen LogP contribution < -0.4 is 4.74 Å². The molecule has 1 aliphatic heterocycles. The number of unbranched alkanes of at least 4 members (excludes halogenated alkanes) is 3. The topological polar surface area (TPSA) is 15.7 Å². The molecule has 0 aromatic heterocycles. The Morgan fingerprint density at radius 2 is 1.57 bits per heavy atom. The fraction of sp³-hybridized carbons (Fsp3) is 0.667. The van der Waals surface area contributed by atoms with E-state index in [1.165, 1.54) is 57.5 Å². The van der Waals surface area contributed by atoms with Crippen LogP contribution in [-0.4, -0.2) is 56.2 Å². The van der Waals surface area contributed by atoms with E-state index in [2.05, 4.69) is 48.0 Å². The van der Waals surface area contributed by atoms with Crippen molar-refractivity contribution in [1.29, 1.82) is 0 Å². The van der Waals surface area contributed by atoms with Gasteiger partial charge in [0.25, 0.3) is 0 Å². The van der Waals surface area contributed by atoms with Crippen LogP contribution in [0.2, 0.25) is 0 Å². The number of piperazine rings is 1. The second kappa shape index (κ2) is 9.06. The molecule has 0 spiro atoms. The molecule has 1 fully saturated rings. The van der Waals surface area contributed by atoms with E-state index in [0.717, 1.165) is 18.8 Å². The maximum Gasteiger partial charge on any atom is 0.119 e. The van der Waals surface area contributed by atoms with E-state index in [1.54, 1.807) is 0 Å². The van der Waals surface area contributed by atoms with Gasteiger partial charge in [-0.15, -0.1) is 0 Å². The van der Waals surface area contributed by atoms with Crippen LogP contribution in [0.15, 0.2) is 24.3 Å². The fourth-order valence-electron chi connectivity index (χ4n) is 2.69. The van der Waals surface area contributed by atoms with Crippen molar-refractivity contribution in [3.05, 3.63) is 29.8 Å². The smallest absolute Gasteiger partial charge is 0.119 e. The maximum absolute atomic E-state index is 5.75. The Hall–Kier alpha value is -1.06. The van der Waals surface area contributed by atoms with Gasteiger partial charge in [0.1, 0.15) is 5.75 Å². The molecule has 0 bridgehead atoms. The van der Waals surface area contributed by atoms with Crippen LogP contribution in [0.5, 0.6) is 5.75 Å². The third-order valence-electron chi connectivity index (χ3n) is 4.25. The summed E-state index contributed by atoms with van der Waals surface area (Å²) in [5, 5.41) is 0. The number of hydrogen-bond donors (Lipinski definition) is 0. The lowest BCUT2D eigenvalue weighted by Crippen LogP contribution is -2.44. The number of rotatable bonds is 8. The minimum atomic E-state index is 0.845. The molecule has 0 radical (unpaired) electrons. The number of aryl methyl sites for hydroxylation is 1. The fourth-order valence-corrected chi connectivity index (χ4v) is 2.69. The number of benzene rings is 1. The van der Waals surface area contributed by atoms with Crippen LogP contribution in [0, 0.1) is 6.92 Å². The van der Waals surface area contributed by atoms with Crippen LogP contribution in [0.1, 0.15) is 31.2 Å². The standard InChI is InChI=1S/C18H30N2O/c1-17-7-9-18(10-8-17)21-16-6-4-3-5-11-20-14-12-19(2)13-15-20/h7-10H,3-6,11-16H2,1-2H3. The van der Waals surface area contributed by atoms with Crippen molar-refractivity contribution in [3.8, 4) is 5.75 Å². The van der Waals surface area contributed by atoms with E-state index in [0.29, 0.717) is 0 Å². The van der Waals surface area contributed by atoms with Gasteiger partial charge in [0, 0.05) is 26.2 Å². The van der Waals surface area contributed by atoms with Crippen molar-refractivity contribution >= 4 is 0 Å². The first-order valence-corrected chi connectivity index (χ1v) is 8.34. The van der Waals surface area contributed by atoms with Gasteiger partial charge in [-0.05, 0) is 45.5 Å². The quantitative estimate of drug-likeness (QED) is 0.684. The summed E-state index contributed by atoms with van der Waals surface area (Å²) in [4.78, 5) is 5.02. The molecule has 21 heavy (non-hydrogen) atoms. The zero-order valence-electron chi connectivity index (χ0n) is 13.7. The highest BCUT2D eigenvalue weighted by Crippen LogP contribution is 2.12. The van der Waals surface area contributed by atoms with Crippen LogP contribution in [0.4, 0.5) is 0 Å². The Balaban J connectivity index is 1.44. The summed E-state index contributed by atoms with van der Waals surface area (Å²) in [5.74, 6) is 0.998. The Kier molecular flexibility index (Phi) is 7.04. The van der Waals surface area contributed by atoms with Crippen LogP contribution in [-0.2, 0) is 0 Å². The minimum absolute atomic E-state index is 0.845. The van der Waals surface area contributed by atoms with Gasteiger partial charge in [0.05, 0.1) is 6.61 Å². The summed E-state index contributed by atoms with van der Waals surface area (Å²) in [5.41, 5.74) is 1.28. The normalized spacial score (nSPS) is 17.0. The zero-order valence-corrected chi connectivity index (χ0v) is 13.7. The second-order valence-corrected chi connectivity index (χ2v) is 6.22. The third-order valence-corrected chi connectivity index (χ3v) is 4.25. The predicted octanol–water partition coefficient (Wildman–Crippen LogP) is 3.18. The highest BCUT2D eigenvalue weighted by Gasteiger charge is 2.12. The average Bonchev–Trinajstić information content (AvgIpc) is 2.50. The number of ether oxygens (including phenoxy) is 1. The molecule has 1 saturated heterocycles. The predicted molar refractivity (Wildman–Crippen MR) is 89.1 cm³/mol. The lowest BCUT2D eigenvalue weighted by atomic mass is 10.2. The van der Waals surface area contributed by atoms with Crippen molar-refractivity contribution in [2.75, 3.05) is 46.4 Å². The van der Waals surface area contributed by atoms with E-state index >= 15 is 0 Å². The van der Waals surface area contributed by atoms with Gasteiger partial charge in [-0.25, -0.2) is 0 Å². The molecule has 0 N–H and O–H groups in total. The lowest BCUT2D eigenvalue weighted by molar-refractivity contribution is 0.151. The minimum Gasteiger partial charge on any atom is -0.494 e. The van der Waals surface area contributed by atoms with Gasteiger partial charge in [-0.3, -0.25) is 0 Å². The largest absolute Gasteiger partial charge is 0.494 e. The second-order valence-electron chi connectivity index (χ2n) is 6.22. The first kappa shape index (κ1) is 16.3. The van der Waals surface area contributed by atoms with Gasteiger partial charge in [0.2, 0.25) is 0 Å². The first-order chi connectivity index (χ1) is 10.2. The highest BCUT2D eigenvalue weighted by atomic mass is 16.5. The lowest BCUT2D eigenvalue weighted by Gasteiger charge is -2.32. The molecule has 0 atom stereocenters. The van der Waals surface area contributed by atoms with Gasteiger partial charge in [-0.1, -0.05) is 30.5 Å². The SMILES string of the molecule is Cc1ccc(OCCCCCCN2CCN(C)CC2)cc1. The zero-order chi connectivity index (χ0) is 14.9. The van der Waals surface area contributed by atoms with E-state index in [9.17, 15) is 0 Å². The van der Waals surface area contributed by atoms with Gasteiger partial charge in [-0.2, -0.15) is 0 Å². The molecule has 118 valence electrons. The molecule has 3 nitrogen and oxygen atoms in total. The summed E-state index contributed by atoms with van der Waals surface area (Å²) >= 11 is 0. The molecule has 0 amide bonds. The third kappa shape index (κ3) is 6.49. The summed E-state index contributed by atoms with van der Waals surface area (Å²) in [6.45, 7) is 9.16.